The van der Waals surface area contributed by atoms with Gasteiger partial charge in [-0.05, 0) is 68.0 Å². The highest BCUT2D eigenvalue weighted by atomic mass is 32.1. The highest BCUT2D eigenvalue weighted by Gasteiger charge is 2.13. The molecule has 2 aromatic carbocycles. The molecule has 0 spiro atoms. The zero-order valence-corrected chi connectivity index (χ0v) is 16.2. The SMILES string of the molecule is Cc1ccc(-c2nc(CCOc3ccc4c(c3)CCC4)c(C)s2)cc1N. The molecule has 26 heavy (non-hydrogen) atoms. The van der Waals surface area contributed by atoms with E-state index in [9.17, 15) is 0 Å². The Morgan fingerprint density at radius 3 is 2.77 bits per heavy atom. The van der Waals surface area contributed by atoms with Gasteiger partial charge in [0.25, 0.3) is 0 Å². The molecule has 0 saturated carbocycles. The minimum Gasteiger partial charge on any atom is -0.493 e. The van der Waals surface area contributed by atoms with Crippen LogP contribution in [0.3, 0.4) is 0 Å². The number of nitrogens with two attached hydrogens (primary N) is 1. The second kappa shape index (κ2) is 7.12. The van der Waals surface area contributed by atoms with Crippen LogP contribution in [0.4, 0.5) is 5.69 Å². The number of fused-ring (bicyclic) bond motifs is 1. The highest BCUT2D eigenvalue weighted by Crippen LogP contribution is 2.30. The van der Waals surface area contributed by atoms with Crippen molar-refractivity contribution in [1.29, 1.82) is 0 Å². The van der Waals surface area contributed by atoms with Crippen LogP contribution in [0.25, 0.3) is 10.6 Å². The number of benzene rings is 2. The van der Waals surface area contributed by atoms with E-state index in [1.807, 2.05) is 13.0 Å². The molecule has 4 rings (SSSR count). The molecule has 2 N–H and O–H groups in total. The van der Waals surface area contributed by atoms with Crippen molar-refractivity contribution < 1.29 is 4.74 Å². The van der Waals surface area contributed by atoms with E-state index in [-0.39, 0.29) is 0 Å². The first-order chi connectivity index (χ1) is 12.6. The van der Waals surface area contributed by atoms with E-state index in [1.165, 1.54) is 35.3 Å². The third-order valence-electron chi connectivity index (χ3n) is 5.10. The number of anilines is 1. The summed E-state index contributed by atoms with van der Waals surface area (Å²) in [6, 6.07) is 12.7. The van der Waals surface area contributed by atoms with Crippen molar-refractivity contribution in [2.75, 3.05) is 12.3 Å². The Balaban J connectivity index is 1.42. The van der Waals surface area contributed by atoms with Gasteiger partial charge >= 0.3 is 0 Å². The smallest absolute Gasteiger partial charge is 0.123 e. The minimum absolute atomic E-state index is 0.652. The van der Waals surface area contributed by atoms with Gasteiger partial charge < -0.3 is 10.5 Å². The molecule has 1 aliphatic rings. The lowest BCUT2D eigenvalue weighted by molar-refractivity contribution is 0.320. The molecule has 0 atom stereocenters. The van der Waals surface area contributed by atoms with Crippen molar-refractivity contribution in [2.45, 2.75) is 39.5 Å². The average Bonchev–Trinajstić information content (AvgIpc) is 3.24. The van der Waals surface area contributed by atoms with Crippen molar-refractivity contribution in [3.05, 3.63) is 63.7 Å². The molecule has 1 aliphatic carbocycles. The zero-order valence-electron chi connectivity index (χ0n) is 15.3. The molecule has 134 valence electrons. The number of rotatable bonds is 5. The summed E-state index contributed by atoms with van der Waals surface area (Å²) in [4.78, 5) is 6.07. The molecular weight excluding hydrogens is 340 g/mol. The number of hydrogen-bond donors (Lipinski definition) is 1. The number of nitrogens with zero attached hydrogens (tertiary/aromatic N) is 1. The molecule has 0 fully saturated rings. The van der Waals surface area contributed by atoms with Crippen LogP contribution in [0.1, 0.15) is 33.7 Å². The fourth-order valence-corrected chi connectivity index (χ4v) is 4.42. The predicted molar refractivity (Wildman–Crippen MR) is 109 cm³/mol. The molecule has 0 bridgehead atoms. The normalized spacial score (nSPS) is 13.0. The lowest BCUT2D eigenvalue weighted by Crippen LogP contribution is -2.03. The fraction of sp³-hybridized carbons (Fsp3) is 0.318. The molecule has 1 heterocycles. The molecule has 0 radical (unpaired) electrons. The number of hydrogen-bond acceptors (Lipinski definition) is 4. The van der Waals surface area contributed by atoms with E-state index in [0.717, 1.165) is 39.7 Å². The van der Waals surface area contributed by atoms with Gasteiger partial charge in [0.15, 0.2) is 0 Å². The van der Waals surface area contributed by atoms with E-state index < -0.39 is 0 Å². The Morgan fingerprint density at radius 2 is 1.92 bits per heavy atom. The van der Waals surface area contributed by atoms with Crippen LogP contribution in [0.15, 0.2) is 36.4 Å². The summed E-state index contributed by atoms with van der Waals surface area (Å²) in [7, 11) is 0. The molecule has 0 saturated heterocycles. The van der Waals surface area contributed by atoms with Crippen LogP contribution in [0.5, 0.6) is 5.75 Å². The maximum Gasteiger partial charge on any atom is 0.123 e. The minimum atomic E-state index is 0.652. The lowest BCUT2D eigenvalue weighted by Gasteiger charge is -2.07. The molecule has 3 aromatic rings. The predicted octanol–water partition coefficient (Wildman–Crippen LogP) is 5.12. The summed E-state index contributed by atoms with van der Waals surface area (Å²) in [5.41, 5.74) is 13.1. The summed E-state index contributed by atoms with van der Waals surface area (Å²) < 4.78 is 5.98. The Bertz CT molecular complexity index is 945. The Labute approximate surface area is 158 Å². The molecule has 1 aromatic heterocycles. The van der Waals surface area contributed by atoms with Crippen LogP contribution in [0.2, 0.25) is 0 Å². The highest BCUT2D eigenvalue weighted by molar-refractivity contribution is 7.15. The Morgan fingerprint density at radius 1 is 1.08 bits per heavy atom. The van der Waals surface area contributed by atoms with Crippen molar-refractivity contribution in [2.24, 2.45) is 0 Å². The van der Waals surface area contributed by atoms with Crippen molar-refractivity contribution in [3.63, 3.8) is 0 Å². The molecule has 0 unspecified atom stereocenters. The van der Waals surface area contributed by atoms with Gasteiger partial charge in [-0.15, -0.1) is 11.3 Å². The number of aromatic nitrogens is 1. The van der Waals surface area contributed by atoms with E-state index in [4.69, 9.17) is 15.5 Å². The first-order valence-corrected chi connectivity index (χ1v) is 9.99. The maximum atomic E-state index is 6.04. The quantitative estimate of drug-likeness (QED) is 0.639. The van der Waals surface area contributed by atoms with Crippen molar-refractivity contribution in [1.82, 2.24) is 4.98 Å². The van der Waals surface area contributed by atoms with E-state index in [1.54, 1.807) is 11.3 Å². The fourth-order valence-electron chi connectivity index (χ4n) is 3.46. The summed E-state index contributed by atoms with van der Waals surface area (Å²) in [6.07, 6.45) is 4.48. The largest absolute Gasteiger partial charge is 0.493 e. The van der Waals surface area contributed by atoms with Gasteiger partial charge in [0.1, 0.15) is 10.8 Å². The monoisotopic (exact) mass is 364 g/mol. The third kappa shape index (κ3) is 3.47. The molecule has 0 aliphatic heterocycles. The molecular formula is C22H24N2OS. The average molecular weight is 365 g/mol. The third-order valence-corrected chi connectivity index (χ3v) is 6.16. The van der Waals surface area contributed by atoms with Gasteiger partial charge in [0.2, 0.25) is 0 Å². The van der Waals surface area contributed by atoms with Crippen LogP contribution < -0.4 is 10.5 Å². The summed E-state index contributed by atoms with van der Waals surface area (Å²) in [6.45, 7) is 4.80. The molecule has 3 nitrogen and oxygen atoms in total. The van der Waals surface area contributed by atoms with Gasteiger partial charge in [-0.2, -0.15) is 0 Å². The summed E-state index contributed by atoms with van der Waals surface area (Å²) in [5.74, 6) is 0.977. The van der Waals surface area contributed by atoms with Crippen LogP contribution in [-0.4, -0.2) is 11.6 Å². The van der Waals surface area contributed by atoms with Crippen molar-refractivity contribution in [3.8, 4) is 16.3 Å². The topological polar surface area (TPSA) is 48.1 Å². The standard InChI is InChI=1S/C22H24N2OS/c1-14-6-7-18(13-20(14)23)22-24-21(15(2)26-22)10-11-25-19-9-8-16-4-3-5-17(16)12-19/h6-9,12-13H,3-5,10-11,23H2,1-2H3. The van der Waals surface area contributed by atoms with Crippen LogP contribution in [-0.2, 0) is 19.3 Å². The van der Waals surface area contributed by atoms with Gasteiger partial charge in [0, 0.05) is 22.5 Å². The number of nitrogen functional groups attached to an aromatic ring is 1. The second-order valence-corrected chi connectivity index (χ2v) is 8.18. The van der Waals surface area contributed by atoms with Gasteiger partial charge in [0.05, 0.1) is 12.3 Å². The van der Waals surface area contributed by atoms with E-state index in [2.05, 4.69) is 37.3 Å². The number of thiazole rings is 1. The van der Waals surface area contributed by atoms with E-state index >= 15 is 0 Å². The maximum absolute atomic E-state index is 6.04. The van der Waals surface area contributed by atoms with Crippen molar-refractivity contribution >= 4 is 17.0 Å². The van der Waals surface area contributed by atoms with Crippen LogP contribution >= 0.6 is 11.3 Å². The molecule has 0 amide bonds. The zero-order chi connectivity index (χ0) is 18.1. The summed E-state index contributed by atoms with van der Waals surface area (Å²) in [5, 5.41) is 1.03. The first kappa shape index (κ1) is 17.1. The van der Waals surface area contributed by atoms with Gasteiger partial charge in [-0.1, -0.05) is 18.2 Å². The van der Waals surface area contributed by atoms with Gasteiger partial charge in [-0.25, -0.2) is 4.98 Å². The number of ether oxygens (including phenoxy) is 1. The number of aryl methyl sites for hydroxylation is 4. The Hall–Kier alpha value is -2.33. The van der Waals surface area contributed by atoms with Gasteiger partial charge in [-0.3, -0.25) is 0 Å². The molecule has 4 heteroatoms. The first-order valence-electron chi connectivity index (χ1n) is 9.17. The van der Waals surface area contributed by atoms with Crippen LogP contribution in [0, 0.1) is 13.8 Å². The van der Waals surface area contributed by atoms with E-state index in [0.29, 0.717) is 6.61 Å². The lowest BCUT2D eigenvalue weighted by atomic mass is 10.1. The summed E-state index contributed by atoms with van der Waals surface area (Å²) >= 11 is 1.72. The Kier molecular flexibility index (Phi) is 4.68. The second-order valence-electron chi connectivity index (χ2n) is 6.98.